The predicted molar refractivity (Wildman–Crippen MR) is 91.4 cm³/mol. The average molecular weight is 338 g/mol. The molecule has 0 saturated carbocycles. The number of aryl methyl sites for hydroxylation is 1. The second-order valence-electron chi connectivity index (χ2n) is 6.21. The fourth-order valence-electron chi connectivity index (χ4n) is 2.77. The van der Waals surface area contributed by atoms with Gasteiger partial charge in [-0.1, -0.05) is 36.8 Å². The van der Waals surface area contributed by atoms with Crippen LogP contribution in [0.1, 0.15) is 37.3 Å². The molecule has 5 nitrogen and oxygen atoms in total. The Hall–Kier alpha value is -1.40. The standard InChI is InChI=1S/C17H26N2O3S/c1-3-10-18-17(20)16-8-11-19(12-9-16)23(21,22)13-15-6-4-14(2)5-7-15/h4-7,16H,3,8-13H2,1-2H3,(H,18,20). The first-order valence-electron chi connectivity index (χ1n) is 8.23. The molecule has 1 saturated heterocycles. The minimum Gasteiger partial charge on any atom is -0.356 e. The summed E-state index contributed by atoms with van der Waals surface area (Å²) in [5.41, 5.74) is 1.92. The number of rotatable bonds is 6. The molecule has 1 aromatic rings. The molecule has 0 aliphatic carbocycles. The van der Waals surface area contributed by atoms with Gasteiger partial charge in [0.15, 0.2) is 0 Å². The van der Waals surface area contributed by atoms with E-state index in [1.165, 1.54) is 4.31 Å². The van der Waals surface area contributed by atoms with Crippen molar-refractivity contribution in [2.45, 2.75) is 38.9 Å². The van der Waals surface area contributed by atoms with Crippen molar-refractivity contribution in [2.75, 3.05) is 19.6 Å². The number of amides is 1. The van der Waals surface area contributed by atoms with Gasteiger partial charge in [0.2, 0.25) is 15.9 Å². The van der Waals surface area contributed by atoms with Crippen LogP contribution in [0.4, 0.5) is 0 Å². The van der Waals surface area contributed by atoms with Crippen molar-refractivity contribution in [2.24, 2.45) is 5.92 Å². The molecule has 23 heavy (non-hydrogen) atoms. The third-order valence-corrected chi connectivity index (χ3v) is 6.09. The molecule has 0 spiro atoms. The molecule has 128 valence electrons. The van der Waals surface area contributed by atoms with Gasteiger partial charge in [0.25, 0.3) is 0 Å². The molecule has 1 heterocycles. The van der Waals surface area contributed by atoms with Crippen LogP contribution in [-0.4, -0.2) is 38.3 Å². The number of benzene rings is 1. The predicted octanol–water partition coefficient (Wildman–Crippen LogP) is 2.06. The summed E-state index contributed by atoms with van der Waals surface area (Å²) in [5.74, 6) is 0.0229. The van der Waals surface area contributed by atoms with E-state index in [0.717, 1.165) is 17.5 Å². The topological polar surface area (TPSA) is 66.5 Å². The van der Waals surface area contributed by atoms with E-state index in [1.807, 2.05) is 38.1 Å². The summed E-state index contributed by atoms with van der Waals surface area (Å²) < 4.78 is 26.6. The number of carbonyl (C=O) groups is 1. The van der Waals surface area contributed by atoms with Gasteiger partial charge < -0.3 is 5.32 Å². The molecule has 1 aromatic carbocycles. The zero-order valence-electron chi connectivity index (χ0n) is 13.9. The second-order valence-corrected chi connectivity index (χ2v) is 8.18. The van der Waals surface area contributed by atoms with Gasteiger partial charge in [-0.25, -0.2) is 12.7 Å². The maximum atomic E-state index is 12.5. The summed E-state index contributed by atoms with van der Waals surface area (Å²) in [5, 5.41) is 2.89. The van der Waals surface area contributed by atoms with Gasteiger partial charge in [-0.2, -0.15) is 0 Å². The SMILES string of the molecule is CCCNC(=O)C1CCN(S(=O)(=O)Cc2ccc(C)cc2)CC1. The van der Waals surface area contributed by atoms with E-state index in [1.54, 1.807) is 0 Å². The van der Waals surface area contributed by atoms with Gasteiger partial charge in [0.1, 0.15) is 0 Å². The van der Waals surface area contributed by atoms with Crippen molar-refractivity contribution in [3.8, 4) is 0 Å². The first kappa shape index (κ1) is 17.9. The molecular formula is C17H26N2O3S. The van der Waals surface area contributed by atoms with Gasteiger partial charge in [0.05, 0.1) is 5.75 Å². The van der Waals surface area contributed by atoms with Crippen LogP contribution in [0.3, 0.4) is 0 Å². The van der Waals surface area contributed by atoms with Crippen molar-refractivity contribution >= 4 is 15.9 Å². The van der Waals surface area contributed by atoms with Crippen LogP contribution in [0, 0.1) is 12.8 Å². The fraction of sp³-hybridized carbons (Fsp3) is 0.588. The summed E-state index contributed by atoms with van der Waals surface area (Å²) in [6.45, 7) is 5.54. The van der Waals surface area contributed by atoms with E-state index < -0.39 is 10.0 Å². The number of carbonyl (C=O) groups excluding carboxylic acids is 1. The van der Waals surface area contributed by atoms with E-state index >= 15 is 0 Å². The first-order valence-corrected chi connectivity index (χ1v) is 9.84. The monoisotopic (exact) mass is 338 g/mol. The molecule has 1 aliphatic heterocycles. The van der Waals surface area contributed by atoms with Gasteiger partial charge in [-0.05, 0) is 31.7 Å². The molecule has 0 unspecified atom stereocenters. The van der Waals surface area contributed by atoms with Gasteiger partial charge in [-0.15, -0.1) is 0 Å². The maximum absolute atomic E-state index is 12.5. The highest BCUT2D eigenvalue weighted by atomic mass is 32.2. The molecule has 6 heteroatoms. The zero-order chi connectivity index (χ0) is 16.9. The van der Waals surface area contributed by atoms with E-state index in [9.17, 15) is 13.2 Å². The first-order chi connectivity index (χ1) is 10.9. The lowest BCUT2D eigenvalue weighted by Crippen LogP contribution is -2.43. The fourth-order valence-corrected chi connectivity index (χ4v) is 4.34. The molecule has 1 N–H and O–H groups in total. The molecule has 1 aliphatic rings. The van der Waals surface area contributed by atoms with Crippen molar-refractivity contribution in [3.05, 3.63) is 35.4 Å². The van der Waals surface area contributed by atoms with Crippen LogP contribution in [0.15, 0.2) is 24.3 Å². The Kier molecular flexibility index (Phi) is 6.18. The number of nitrogens with zero attached hydrogens (tertiary/aromatic N) is 1. The molecule has 1 fully saturated rings. The number of sulfonamides is 1. The third kappa shape index (κ3) is 5.04. The maximum Gasteiger partial charge on any atom is 0.223 e. The summed E-state index contributed by atoms with van der Waals surface area (Å²) in [6, 6.07) is 7.57. The normalized spacial score (nSPS) is 17.1. The Labute approximate surface area is 139 Å². The molecule has 2 rings (SSSR count). The van der Waals surface area contributed by atoms with E-state index in [-0.39, 0.29) is 17.6 Å². The Morgan fingerprint density at radius 3 is 2.39 bits per heavy atom. The lowest BCUT2D eigenvalue weighted by atomic mass is 9.97. The lowest BCUT2D eigenvalue weighted by molar-refractivity contribution is -0.126. The van der Waals surface area contributed by atoms with Crippen LogP contribution in [0.5, 0.6) is 0 Å². The van der Waals surface area contributed by atoms with Gasteiger partial charge in [-0.3, -0.25) is 4.79 Å². The quantitative estimate of drug-likeness (QED) is 0.863. The largest absolute Gasteiger partial charge is 0.356 e. The van der Waals surface area contributed by atoms with Gasteiger partial charge >= 0.3 is 0 Å². The molecule has 0 aromatic heterocycles. The van der Waals surface area contributed by atoms with Crippen molar-refractivity contribution in [3.63, 3.8) is 0 Å². The van der Waals surface area contributed by atoms with Gasteiger partial charge in [0, 0.05) is 25.6 Å². The molecular weight excluding hydrogens is 312 g/mol. The van der Waals surface area contributed by atoms with Crippen molar-refractivity contribution < 1.29 is 13.2 Å². The number of hydrogen-bond acceptors (Lipinski definition) is 3. The van der Waals surface area contributed by atoms with Crippen molar-refractivity contribution in [1.29, 1.82) is 0 Å². The minimum atomic E-state index is -3.31. The van der Waals surface area contributed by atoms with Crippen LogP contribution in [0.25, 0.3) is 0 Å². The van der Waals surface area contributed by atoms with E-state index in [4.69, 9.17) is 0 Å². The van der Waals surface area contributed by atoms with Crippen molar-refractivity contribution in [1.82, 2.24) is 9.62 Å². The van der Waals surface area contributed by atoms with Crippen LogP contribution in [0.2, 0.25) is 0 Å². The Bertz CT molecular complexity index is 618. The van der Waals surface area contributed by atoms with Crippen LogP contribution < -0.4 is 5.32 Å². The smallest absolute Gasteiger partial charge is 0.223 e. The second kappa shape index (κ2) is 7.93. The Morgan fingerprint density at radius 1 is 1.22 bits per heavy atom. The summed E-state index contributed by atoms with van der Waals surface area (Å²) in [4.78, 5) is 12.0. The average Bonchev–Trinajstić information content (AvgIpc) is 2.54. The van der Waals surface area contributed by atoms with E-state index in [0.29, 0.717) is 32.5 Å². The highest BCUT2D eigenvalue weighted by molar-refractivity contribution is 7.88. The zero-order valence-corrected chi connectivity index (χ0v) is 14.7. The Morgan fingerprint density at radius 2 is 1.83 bits per heavy atom. The van der Waals surface area contributed by atoms with E-state index in [2.05, 4.69) is 5.32 Å². The molecule has 1 amide bonds. The lowest BCUT2D eigenvalue weighted by Gasteiger charge is -2.30. The number of piperidine rings is 1. The summed E-state index contributed by atoms with van der Waals surface area (Å²) in [6.07, 6.45) is 2.11. The van der Waals surface area contributed by atoms with Crippen LogP contribution >= 0.6 is 0 Å². The summed E-state index contributed by atoms with van der Waals surface area (Å²) >= 11 is 0. The number of nitrogens with one attached hydrogen (secondary N) is 1. The third-order valence-electron chi connectivity index (χ3n) is 4.24. The van der Waals surface area contributed by atoms with Crippen LogP contribution in [-0.2, 0) is 20.6 Å². The summed E-state index contributed by atoms with van der Waals surface area (Å²) in [7, 11) is -3.31. The molecule has 0 radical (unpaired) electrons. The number of hydrogen-bond donors (Lipinski definition) is 1. The Balaban J connectivity index is 1.90. The highest BCUT2D eigenvalue weighted by Crippen LogP contribution is 2.22. The molecule has 0 atom stereocenters. The highest BCUT2D eigenvalue weighted by Gasteiger charge is 2.30. The molecule has 0 bridgehead atoms. The minimum absolute atomic E-state index is 0.0278.